The van der Waals surface area contributed by atoms with Crippen LogP contribution in [-0.4, -0.2) is 25.4 Å². The van der Waals surface area contributed by atoms with Crippen molar-refractivity contribution < 1.29 is 41.0 Å². The van der Waals surface area contributed by atoms with E-state index < -0.39 is 36.8 Å². The third-order valence-corrected chi connectivity index (χ3v) is 5.17. The number of hydrogen-bond acceptors (Lipinski definition) is 6. The molecule has 0 fully saturated rings. The fraction of sp³-hybridized carbons (Fsp3) is 0.222. The zero-order valence-electron chi connectivity index (χ0n) is 20.0. The van der Waals surface area contributed by atoms with E-state index in [9.17, 15) is 26.7 Å². The van der Waals surface area contributed by atoms with Crippen molar-refractivity contribution in [3.63, 3.8) is 0 Å². The fourth-order valence-electron chi connectivity index (χ4n) is 3.20. The number of ether oxygens (including phenoxy) is 3. The highest BCUT2D eigenvalue weighted by Gasteiger charge is 2.34. The Balaban J connectivity index is 1.48. The predicted molar refractivity (Wildman–Crippen MR) is 133 cm³/mol. The van der Waals surface area contributed by atoms with E-state index in [0.29, 0.717) is 23.4 Å². The first-order valence-electron chi connectivity index (χ1n) is 11.4. The molecule has 11 heteroatoms. The van der Waals surface area contributed by atoms with Gasteiger partial charge in [-0.05, 0) is 65.7 Å². The summed E-state index contributed by atoms with van der Waals surface area (Å²) in [6.45, 7) is -0.507. The Morgan fingerprint density at radius 1 is 0.842 bits per heavy atom. The van der Waals surface area contributed by atoms with E-state index >= 15 is 0 Å². The molecule has 0 aliphatic carbocycles. The van der Waals surface area contributed by atoms with Crippen molar-refractivity contribution in [2.45, 2.75) is 25.1 Å². The summed E-state index contributed by atoms with van der Waals surface area (Å²) >= 11 is 0. The topological polar surface area (TPSA) is 96.8 Å². The van der Waals surface area contributed by atoms with Crippen LogP contribution in [0.25, 0.3) is 6.08 Å². The third kappa shape index (κ3) is 8.99. The molecule has 0 radical (unpaired) electrons. The Labute approximate surface area is 215 Å². The van der Waals surface area contributed by atoms with E-state index in [0.717, 1.165) is 29.8 Å². The summed E-state index contributed by atoms with van der Waals surface area (Å²) in [5, 5.41) is 0. The molecule has 0 aliphatic heterocycles. The zero-order chi connectivity index (χ0) is 27.8. The van der Waals surface area contributed by atoms with Gasteiger partial charge in [0, 0.05) is 23.9 Å². The molecule has 0 atom stereocenters. The monoisotopic (exact) mass is 536 g/mol. The van der Waals surface area contributed by atoms with Crippen LogP contribution in [0.2, 0.25) is 0 Å². The first-order valence-corrected chi connectivity index (χ1v) is 11.4. The summed E-state index contributed by atoms with van der Waals surface area (Å²) < 4.78 is 80.4. The van der Waals surface area contributed by atoms with Crippen LogP contribution in [0.3, 0.4) is 0 Å². The molecule has 0 spiro atoms. The lowest BCUT2D eigenvalue weighted by molar-refractivity contribution is -0.185. The molecule has 0 amide bonds. The summed E-state index contributed by atoms with van der Waals surface area (Å²) in [7, 11) is 0. The van der Waals surface area contributed by atoms with Crippen molar-refractivity contribution in [2.24, 2.45) is 0 Å². The maximum Gasteiger partial charge on any atom is 0.426 e. The molecular formula is C27H25F5N2O4. The van der Waals surface area contributed by atoms with Gasteiger partial charge in [0.05, 0.1) is 25.2 Å². The molecule has 0 heterocycles. The second-order valence-corrected chi connectivity index (χ2v) is 8.13. The van der Waals surface area contributed by atoms with Crippen LogP contribution in [0.15, 0.2) is 72.8 Å². The van der Waals surface area contributed by atoms with Crippen molar-refractivity contribution in [2.75, 3.05) is 24.7 Å². The van der Waals surface area contributed by atoms with E-state index in [2.05, 4.69) is 0 Å². The van der Waals surface area contributed by atoms with Gasteiger partial charge < -0.3 is 25.7 Å². The summed E-state index contributed by atoms with van der Waals surface area (Å²) in [5.74, 6) is -0.698. The SMILES string of the molecule is Nc1ccc(CCOC(=O)/C=C/c2ccc(OC(F)(F)c3ccc(OCCC(F)(F)F)cc3)cc2)c(N)c1. The Bertz CT molecular complexity index is 1240. The molecule has 0 aliphatic rings. The summed E-state index contributed by atoms with van der Waals surface area (Å²) in [5.41, 5.74) is 13.4. The van der Waals surface area contributed by atoms with Gasteiger partial charge in [0.1, 0.15) is 11.5 Å². The number of rotatable bonds is 11. The summed E-state index contributed by atoms with van der Waals surface area (Å²) in [4.78, 5) is 11.9. The number of anilines is 2. The number of carbonyl (C=O) groups excluding carboxylic acids is 1. The minimum Gasteiger partial charge on any atom is -0.493 e. The minimum atomic E-state index is -4.37. The van der Waals surface area contributed by atoms with Gasteiger partial charge in [-0.1, -0.05) is 18.2 Å². The largest absolute Gasteiger partial charge is 0.493 e. The second kappa shape index (κ2) is 12.3. The highest BCUT2D eigenvalue weighted by atomic mass is 19.4. The van der Waals surface area contributed by atoms with E-state index in [1.165, 1.54) is 36.4 Å². The number of benzene rings is 3. The molecule has 0 unspecified atom stereocenters. The van der Waals surface area contributed by atoms with Gasteiger partial charge in [-0.3, -0.25) is 0 Å². The van der Waals surface area contributed by atoms with Gasteiger partial charge in [-0.15, -0.1) is 0 Å². The number of nitrogen functional groups attached to an aromatic ring is 2. The van der Waals surface area contributed by atoms with Gasteiger partial charge in [-0.25, -0.2) is 4.79 Å². The van der Waals surface area contributed by atoms with Crippen LogP contribution in [0.5, 0.6) is 11.5 Å². The smallest absolute Gasteiger partial charge is 0.426 e. The maximum atomic E-state index is 14.5. The molecule has 6 nitrogen and oxygen atoms in total. The lowest BCUT2D eigenvalue weighted by atomic mass is 10.1. The number of hydrogen-bond donors (Lipinski definition) is 2. The normalized spacial score (nSPS) is 11.9. The molecule has 0 saturated carbocycles. The van der Waals surface area contributed by atoms with Crippen LogP contribution in [0.1, 0.15) is 23.1 Å². The quantitative estimate of drug-likeness (QED) is 0.133. The second-order valence-electron chi connectivity index (χ2n) is 8.13. The van der Waals surface area contributed by atoms with E-state index in [-0.39, 0.29) is 18.1 Å². The Morgan fingerprint density at radius 2 is 1.50 bits per heavy atom. The predicted octanol–water partition coefficient (Wildman–Crippen LogP) is 6.11. The van der Waals surface area contributed by atoms with Gasteiger partial charge in [-0.2, -0.15) is 22.0 Å². The van der Waals surface area contributed by atoms with Gasteiger partial charge in [0.15, 0.2) is 0 Å². The van der Waals surface area contributed by atoms with Crippen LogP contribution < -0.4 is 20.9 Å². The van der Waals surface area contributed by atoms with E-state index in [1.54, 1.807) is 18.2 Å². The average molecular weight is 536 g/mol. The highest BCUT2D eigenvalue weighted by Crippen LogP contribution is 2.33. The Hall–Kier alpha value is -4.28. The molecular weight excluding hydrogens is 511 g/mol. The Kier molecular flexibility index (Phi) is 9.16. The molecule has 38 heavy (non-hydrogen) atoms. The summed E-state index contributed by atoms with van der Waals surface area (Å²) in [6, 6.07) is 14.9. The molecule has 202 valence electrons. The minimum absolute atomic E-state index is 0.0258. The van der Waals surface area contributed by atoms with E-state index in [1.807, 2.05) is 0 Å². The van der Waals surface area contributed by atoms with Crippen molar-refractivity contribution in [3.8, 4) is 11.5 Å². The average Bonchev–Trinajstić information content (AvgIpc) is 2.84. The lowest BCUT2D eigenvalue weighted by Gasteiger charge is -2.18. The van der Waals surface area contributed by atoms with E-state index in [4.69, 9.17) is 25.7 Å². The molecule has 3 rings (SSSR count). The number of esters is 1. The number of nitrogens with two attached hydrogens (primary N) is 2. The number of alkyl halides is 5. The number of halogens is 5. The molecule has 0 bridgehead atoms. The van der Waals surface area contributed by atoms with Crippen molar-refractivity contribution >= 4 is 23.4 Å². The highest BCUT2D eigenvalue weighted by molar-refractivity contribution is 5.87. The number of carbonyl (C=O) groups is 1. The van der Waals surface area contributed by atoms with Crippen LogP contribution >= 0.6 is 0 Å². The Morgan fingerprint density at radius 3 is 2.13 bits per heavy atom. The molecule has 0 saturated heterocycles. The molecule has 0 aromatic heterocycles. The zero-order valence-corrected chi connectivity index (χ0v) is 20.0. The standard InChI is InChI=1S/C27H25F5N2O4/c28-26(29,30)14-16-36-22-10-5-20(6-11-22)27(31,32)38-23-8-1-18(2-9-23)3-12-25(35)37-15-13-19-4-7-21(33)17-24(19)34/h1-12,17H,13-16,33-34H2/b12-3+. The molecule has 3 aromatic carbocycles. The van der Waals surface area contributed by atoms with Crippen molar-refractivity contribution in [1.29, 1.82) is 0 Å². The van der Waals surface area contributed by atoms with Gasteiger partial charge in [0.25, 0.3) is 0 Å². The molecule has 3 aromatic rings. The lowest BCUT2D eigenvalue weighted by Crippen LogP contribution is -2.21. The maximum absolute atomic E-state index is 14.5. The summed E-state index contributed by atoms with van der Waals surface area (Å²) in [6.07, 6.45) is -6.15. The van der Waals surface area contributed by atoms with Gasteiger partial charge >= 0.3 is 18.3 Å². The first kappa shape index (κ1) is 28.3. The third-order valence-electron chi connectivity index (χ3n) is 5.17. The molecule has 4 N–H and O–H groups in total. The van der Waals surface area contributed by atoms with Crippen LogP contribution in [0, 0.1) is 0 Å². The van der Waals surface area contributed by atoms with Crippen molar-refractivity contribution in [1.82, 2.24) is 0 Å². The fourth-order valence-corrected chi connectivity index (χ4v) is 3.20. The van der Waals surface area contributed by atoms with Gasteiger partial charge in [0.2, 0.25) is 0 Å². The van der Waals surface area contributed by atoms with Crippen LogP contribution in [-0.2, 0) is 22.1 Å². The van der Waals surface area contributed by atoms with Crippen LogP contribution in [0.4, 0.5) is 33.3 Å². The van der Waals surface area contributed by atoms with Crippen molar-refractivity contribution in [3.05, 3.63) is 89.5 Å². The first-order chi connectivity index (χ1) is 17.9.